The first-order chi connectivity index (χ1) is 19.0. The van der Waals surface area contributed by atoms with Crippen LogP contribution in [-0.2, 0) is 14.3 Å². The molecule has 0 aliphatic heterocycles. The zero-order valence-corrected chi connectivity index (χ0v) is 22.4. The van der Waals surface area contributed by atoms with Gasteiger partial charge in [0.25, 0.3) is 5.91 Å². The van der Waals surface area contributed by atoms with E-state index in [1.54, 1.807) is 60.8 Å². The first-order valence-corrected chi connectivity index (χ1v) is 13.0. The monoisotopic (exact) mass is 545 g/mol. The Labute approximate surface area is 230 Å². The van der Waals surface area contributed by atoms with Crippen molar-refractivity contribution in [3.8, 4) is 22.6 Å². The van der Waals surface area contributed by atoms with Crippen molar-refractivity contribution in [1.82, 2.24) is 0 Å². The molecule has 0 saturated carbocycles. The van der Waals surface area contributed by atoms with E-state index >= 15 is 0 Å². The van der Waals surface area contributed by atoms with E-state index in [1.807, 2.05) is 30.3 Å². The van der Waals surface area contributed by atoms with Crippen molar-refractivity contribution in [2.45, 2.75) is 13.0 Å². The van der Waals surface area contributed by atoms with Crippen LogP contribution >= 0.6 is 11.3 Å². The Bertz CT molecular complexity index is 1430. The number of benzene rings is 3. The fraction of sp³-hybridized carbons (Fsp3) is 0.167. The van der Waals surface area contributed by atoms with Crippen molar-refractivity contribution in [1.29, 1.82) is 0 Å². The molecule has 200 valence electrons. The second kappa shape index (κ2) is 12.7. The van der Waals surface area contributed by atoms with Crippen molar-refractivity contribution in [2.24, 2.45) is 0 Å². The van der Waals surface area contributed by atoms with Crippen LogP contribution in [-0.4, -0.2) is 38.7 Å². The molecule has 1 heterocycles. The molecule has 4 rings (SSSR count). The van der Waals surface area contributed by atoms with Gasteiger partial charge in [-0.15, -0.1) is 11.3 Å². The van der Waals surface area contributed by atoms with Gasteiger partial charge in [-0.05, 0) is 24.6 Å². The van der Waals surface area contributed by atoms with Gasteiger partial charge in [-0.1, -0.05) is 66.7 Å². The highest BCUT2D eigenvalue weighted by Crippen LogP contribution is 2.37. The summed E-state index contributed by atoms with van der Waals surface area (Å²) in [5, 5.41) is 4.85. The zero-order chi connectivity index (χ0) is 27.8. The lowest BCUT2D eigenvalue weighted by atomic mass is 10.0. The summed E-state index contributed by atoms with van der Waals surface area (Å²) in [5.41, 5.74) is 2.14. The quantitative estimate of drug-likeness (QED) is 0.239. The molecular weight excluding hydrogens is 518 g/mol. The smallest absolute Gasteiger partial charge is 0.346 e. The van der Waals surface area contributed by atoms with Crippen LogP contribution in [0.1, 0.15) is 39.3 Å². The maximum Gasteiger partial charge on any atom is 0.346 e. The van der Waals surface area contributed by atoms with Gasteiger partial charge in [-0.25, -0.2) is 9.59 Å². The van der Waals surface area contributed by atoms with Crippen molar-refractivity contribution in [2.75, 3.05) is 26.1 Å². The molecule has 3 aromatic carbocycles. The summed E-state index contributed by atoms with van der Waals surface area (Å²) in [6, 6.07) is 22.8. The molecule has 4 aromatic rings. The summed E-state index contributed by atoms with van der Waals surface area (Å²) in [5.74, 6) is -1.55. The molecule has 0 spiro atoms. The number of thiophene rings is 1. The average molecular weight is 546 g/mol. The third-order valence-electron chi connectivity index (χ3n) is 5.79. The lowest BCUT2D eigenvalue weighted by Crippen LogP contribution is -2.26. The predicted octanol–water partition coefficient (Wildman–Crippen LogP) is 6.15. The molecule has 1 aromatic heterocycles. The second-order valence-electron chi connectivity index (χ2n) is 8.16. The molecule has 0 aliphatic rings. The van der Waals surface area contributed by atoms with Gasteiger partial charge in [0.2, 0.25) is 6.10 Å². The maximum atomic E-state index is 13.7. The van der Waals surface area contributed by atoms with E-state index in [1.165, 1.54) is 25.6 Å². The molecule has 0 radical (unpaired) electrons. The minimum Gasteiger partial charge on any atom is -0.496 e. The first-order valence-electron chi connectivity index (χ1n) is 12.1. The maximum absolute atomic E-state index is 13.7. The SMILES string of the molecule is CCOC(=O)c1c(-c2ccccc2)csc1NC(=O)[C@H](OC(=O)c1c(OC)cccc1OC)c1ccccc1. The number of methoxy groups -OCH3 is 2. The van der Waals surface area contributed by atoms with Crippen molar-refractivity contribution >= 4 is 34.2 Å². The number of hydrogen-bond acceptors (Lipinski definition) is 8. The Morgan fingerprint density at radius 3 is 2.00 bits per heavy atom. The molecule has 0 fully saturated rings. The Morgan fingerprint density at radius 2 is 1.41 bits per heavy atom. The van der Waals surface area contributed by atoms with E-state index in [0.29, 0.717) is 11.1 Å². The Hall–Kier alpha value is -4.63. The highest BCUT2D eigenvalue weighted by molar-refractivity contribution is 7.15. The number of carbonyl (C=O) groups excluding carboxylic acids is 3. The van der Waals surface area contributed by atoms with Gasteiger partial charge >= 0.3 is 11.9 Å². The topological polar surface area (TPSA) is 100 Å². The normalized spacial score (nSPS) is 11.3. The van der Waals surface area contributed by atoms with Crippen LogP contribution in [0.15, 0.2) is 84.2 Å². The zero-order valence-electron chi connectivity index (χ0n) is 21.6. The van der Waals surface area contributed by atoms with Gasteiger partial charge in [0, 0.05) is 16.5 Å². The summed E-state index contributed by atoms with van der Waals surface area (Å²) in [6.45, 7) is 1.88. The summed E-state index contributed by atoms with van der Waals surface area (Å²) >= 11 is 1.18. The summed E-state index contributed by atoms with van der Waals surface area (Å²) in [7, 11) is 2.84. The van der Waals surface area contributed by atoms with E-state index in [-0.39, 0.29) is 34.2 Å². The minimum absolute atomic E-state index is 0.0472. The van der Waals surface area contributed by atoms with Gasteiger partial charge in [0.1, 0.15) is 27.6 Å². The van der Waals surface area contributed by atoms with E-state index in [0.717, 1.165) is 5.56 Å². The standard InChI is InChI=1S/C30H27NO7S/c1-4-37-29(33)24-21(19-12-7-5-8-13-19)18-39-28(24)31-27(32)26(20-14-9-6-10-15-20)38-30(34)25-22(35-2)16-11-17-23(25)36-3/h5-18,26H,4H2,1-3H3,(H,31,32)/t26-/m1/s1. The molecule has 0 aliphatic carbocycles. The van der Waals surface area contributed by atoms with Gasteiger partial charge in [-0.3, -0.25) is 4.79 Å². The number of carbonyl (C=O) groups is 3. The Balaban J connectivity index is 1.70. The third kappa shape index (κ3) is 6.10. The van der Waals surface area contributed by atoms with E-state index in [2.05, 4.69) is 5.32 Å². The van der Waals surface area contributed by atoms with Crippen LogP contribution in [0.5, 0.6) is 11.5 Å². The van der Waals surface area contributed by atoms with Crippen LogP contribution in [0, 0.1) is 0 Å². The molecule has 9 heteroatoms. The van der Waals surface area contributed by atoms with Crippen LogP contribution in [0.3, 0.4) is 0 Å². The van der Waals surface area contributed by atoms with Gasteiger partial charge < -0.3 is 24.3 Å². The van der Waals surface area contributed by atoms with Gasteiger partial charge in [0.05, 0.1) is 20.8 Å². The lowest BCUT2D eigenvalue weighted by molar-refractivity contribution is -0.125. The molecule has 0 saturated heterocycles. The number of ether oxygens (including phenoxy) is 4. The first kappa shape index (κ1) is 27.4. The lowest BCUT2D eigenvalue weighted by Gasteiger charge is -2.20. The molecule has 0 bridgehead atoms. The van der Waals surface area contributed by atoms with Crippen molar-refractivity contribution in [3.05, 3.63) is 101 Å². The highest BCUT2D eigenvalue weighted by Gasteiger charge is 2.31. The van der Waals surface area contributed by atoms with Gasteiger partial charge in [-0.2, -0.15) is 0 Å². The fourth-order valence-corrected chi connectivity index (χ4v) is 4.94. The minimum atomic E-state index is -1.34. The summed E-state index contributed by atoms with van der Waals surface area (Å²) in [4.78, 5) is 40.0. The van der Waals surface area contributed by atoms with Crippen molar-refractivity contribution in [3.63, 3.8) is 0 Å². The number of anilines is 1. The molecule has 1 N–H and O–H groups in total. The highest BCUT2D eigenvalue weighted by atomic mass is 32.1. The number of nitrogens with one attached hydrogen (secondary N) is 1. The number of hydrogen-bond donors (Lipinski definition) is 1. The summed E-state index contributed by atoms with van der Waals surface area (Å²) < 4.78 is 21.7. The molecule has 39 heavy (non-hydrogen) atoms. The number of amides is 1. The third-order valence-corrected chi connectivity index (χ3v) is 6.68. The Kier molecular flexibility index (Phi) is 8.96. The van der Waals surface area contributed by atoms with Crippen LogP contribution < -0.4 is 14.8 Å². The summed E-state index contributed by atoms with van der Waals surface area (Å²) in [6.07, 6.45) is -1.34. The van der Waals surface area contributed by atoms with Gasteiger partial charge in [0.15, 0.2) is 0 Å². The molecule has 0 unspecified atom stereocenters. The average Bonchev–Trinajstić information content (AvgIpc) is 3.39. The number of esters is 2. The second-order valence-corrected chi connectivity index (χ2v) is 9.04. The van der Waals surface area contributed by atoms with Crippen LogP contribution in [0.4, 0.5) is 5.00 Å². The Morgan fingerprint density at radius 1 is 0.795 bits per heavy atom. The van der Waals surface area contributed by atoms with Crippen LogP contribution in [0.25, 0.3) is 11.1 Å². The molecule has 1 amide bonds. The molecule has 1 atom stereocenters. The van der Waals surface area contributed by atoms with Crippen LogP contribution in [0.2, 0.25) is 0 Å². The molecule has 8 nitrogen and oxygen atoms in total. The van der Waals surface area contributed by atoms with E-state index < -0.39 is 23.9 Å². The van der Waals surface area contributed by atoms with E-state index in [4.69, 9.17) is 18.9 Å². The fourth-order valence-electron chi connectivity index (χ4n) is 3.98. The largest absolute Gasteiger partial charge is 0.496 e. The van der Waals surface area contributed by atoms with Crippen molar-refractivity contribution < 1.29 is 33.3 Å². The predicted molar refractivity (Wildman–Crippen MR) is 148 cm³/mol. The van der Waals surface area contributed by atoms with E-state index in [9.17, 15) is 14.4 Å². The number of rotatable bonds is 10. The molecular formula is C30H27NO7S.